The molecule has 0 bridgehead atoms. The smallest absolute Gasteiger partial charge is 0.348 e. The average Bonchev–Trinajstić information content (AvgIpc) is 2.79. The van der Waals surface area contributed by atoms with Crippen LogP contribution in [0.25, 0.3) is 0 Å². The van der Waals surface area contributed by atoms with Crippen LogP contribution in [0.2, 0.25) is 0 Å². The van der Waals surface area contributed by atoms with Crippen LogP contribution in [0.4, 0.5) is 0 Å². The predicted octanol–water partition coefficient (Wildman–Crippen LogP) is 3.61. The van der Waals surface area contributed by atoms with E-state index in [1.54, 1.807) is 6.92 Å². The number of hydrogen-bond acceptors (Lipinski definition) is 6. The molecule has 0 heterocycles. The third-order valence-electron chi connectivity index (χ3n) is 3.78. The average molecular weight is 329 g/mol. The van der Waals surface area contributed by atoms with Crippen LogP contribution in [0.3, 0.4) is 0 Å². The van der Waals surface area contributed by atoms with Gasteiger partial charge in [-0.05, 0) is 38.0 Å². The van der Waals surface area contributed by atoms with Gasteiger partial charge in [-0.1, -0.05) is 12.8 Å². The minimum absolute atomic E-state index is 0.0283. The number of thioether (sulfide) groups is 1. The largest absolute Gasteiger partial charge is 0.462 e. The van der Waals surface area contributed by atoms with Crippen LogP contribution in [0, 0.1) is 39.9 Å². The van der Waals surface area contributed by atoms with Gasteiger partial charge in [0.2, 0.25) is 0 Å². The number of rotatable bonds is 4. The van der Waals surface area contributed by atoms with E-state index in [0.29, 0.717) is 16.9 Å². The van der Waals surface area contributed by atoms with Gasteiger partial charge in [-0.25, -0.2) is 4.79 Å². The van der Waals surface area contributed by atoms with Gasteiger partial charge in [0.15, 0.2) is 0 Å². The van der Waals surface area contributed by atoms with Crippen LogP contribution < -0.4 is 0 Å². The number of ether oxygens (including phenoxy) is 1. The maximum absolute atomic E-state index is 12.1. The fourth-order valence-corrected chi connectivity index (χ4v) is 3.62. The molecule has 1 saturated carbocycles. The fraction of sp³-hybridized carbons (Fsp3) is 0.529. The molecular formula is C17H19N3O2S. The minimum Gasteiger partial charge on any atom is -0.462 e. The highest BCUT2D eigenvalue weighted by Gasteiger charge is 2.29. The molecule has 1 rings (SSSR count). The summed E-state index contributed by atoms with van der Waals surface area (Å²) >= 11 is 1.34. The second-order valence-electron chi connectivity index (χ2n) is 5.05. The van der Waals surface area contributed by atoms with Gasteiger partial charge >= 0.3 is 5.97 Å². The van der Waals surface area contributed by atoms with Crippen molar-refractivity contribution in [1.29, 1.82) is 15.8 Å². The maximum atomic E-state index is 12.1. The Balaban J connectivity index is 3.49. The van der Waals surface area contributed by atoms with Crippen molar-refractivity contribution in [2.24, 2.45) is 5.92 Å². The molecule has 1 aliphatic carbocycles. The standard InChI is InChI=1S/C17H19N3O2S/c1-3-22-17(21)15(11-20)13-7-5-4-6-8-14(13)16(23-2)12(9-18)10-19/h14H,3-8H2,1-2H3/b15-13+/t14-/m0/s1. The van der Waals surface area contributed by atoms with Crippen molar-refractivity contribution in [3.63, 3.8) is 0 Å². The molecule has 0 aliphatic heterocycles. The molecule has 0 aromatic rings. The van der Waals surface area contributed by atoms with Gasteiger partial charge in [0.1, 0.15) is 29.4 Å². The van der Waals surface area contributed by atoms with Crippen LogP contribution in [-0.4, -0.2) is 18.8 Å². The van der Waals surface area contributed by atoms with E-state index >= 15 is 0 Å². The summed E-state index contributed by atoms with van der Waals surface area (Å²) in [5.74, 6) is -0.853. The molecule has 1 atom stereocenters. The summed E-state index contributed by atoms with van der Waals surface area (Å²) in [4.78, 5) is 12.7. The Hall–Kier alpha value is -2.23. The molecule has 0 unspecified atom stereocenters. The summed E-state index contributed by atoms with van der Waals surface area (Å²) < 4.78 is 4.99. The number of carbonyl (C=O) groups excluding carboxylic acids is 1. The van der Waals surface area contributed by atoms with Crippen molar-refractivity contribution in [2.45, 2.75) is 39.0 Å². The van der Waals surface area contributed by atoms with Crippen molar-refractivity contribution in [2.75, 3.05) is 12.9 Å². The zero-order valence-corrected chi connectivity index (χ0v) is 14.2. The van der Waals surface area contributed by atoms with Gasteiger partial charge in [0, 0.05) is 10.8 Å². The van der Waals surface area contributed by atoms with Crippen molar-refractivity contribution in [3.8, 4) is 18.2 Å². The van der Waals surface area contributed by atoms with Gasteiger partial charge in [0.05, 0.1) is 6.61 Å². The molecule has 1 fully saturated rings. The summed E-state index contributed by atoms with van der Waals surface area (Å²) in [6, 6.07) is 5.83. The second kappa shape index (κ2) is 9.72. The SMILES string of the molecule is CCOC(=O)/C(C#N)=C1\CCCCC[C@@H]1C(SC)=C(C#N)C#N. The third kappa shape index (κ3) is 4.62. The van der Waals surface area contributed by atoms with E-state index < -0.39 is 5.97 Å². The number of carbonyl (C=O) groups is 1. The Kier molecular flexibility index (Phi) is 7.95. The van der Waals surface area contributed by atoms with Gasteiger partial charge in [-0.15, -0.1) is 11.8 Å². The highest BCUT2D eigenvalue weighted by Crippen LogP contribution is 2.40. The summed E-state index contributed by atoms with van der Waals surface area (Å²) in [5, 5.41) is 27.8. The van der Waals surface area contributed by atoms with Crippen LogP contribution in [0.1, 0.15) is 39.0 Å². The molecule has 0 N–H and O–H groups in total. The molecule has 6 heteroatoms. The van der Waals surface area contributed by atoms with Crippen LogP contribution in [-0.2, 0) is 9.53 Å². The Bertz CT molecular complexity index is 628. The third-order valence-corrected chi connectivity index (χ3v) is 4.71. The molecule has 0 amide bonds. The van der Waals surface area contributed by atoms with Gasteiger partial charge in [-0.3, -0.25) is 0 Å². The molecule has 120 valence electrons. The lowest BCUT2D eigenvalue weighted by Gasteiger charge is -2.21. The molecule has 5 nitrogen and oxygen atoms in total. The lowest BCUT2D eigenvalue weighted by Crippen LogP contribution is -2.15. The summed E-state index contributed by atoms with van der Waals surface area (Å²) in [6.45, 7) is 1.90. The first-order valence-electron chi connectivity index (χ1n) is 7.53. The Morgan fingerprint density at radius 2 is 1.91 bits per heavy atom. The number of hydrogen-bond donors (Lipinski definition) is 0. The fourth-order valence-electron chi connectivity index (χ4n) is 2.78. The monoisotopic (exact) mass is 329 g/mol. The normalized spacial score (nSPS) is 19.3. The first kappa shape index (κ1) is 18.8. The number of nitriles is 3. The highest BCUT2D eigenvalue weighted by molar-refractivity contribution is 8.02. The van der Waals surface area contributed by atoms with Crippen LogP contribution in [0.15, 0.2) is 21.6 Å². The molecule has 0 saturated heterocycles. The van der Waals surface area contributed by atoms with Crippen molar-refractivity contribution in [1.82, 2.24) is 0 Å². The topological polar surface area (TPSA) is 97.7 Å². The minimum atomic E-state index is -0.618. The molecule has 1 aliphatic rings. The summed E-state index contributed by atoms with van der Waals surface area (Å²) in [7, 11) is 0. The van der Waals surface area contributed by atoms with Gasteiger partial charge in [-0.2, -0.15) is 15.8 Å². The number of nitrogens with zero attached hydrogens (tertiary/aromatic N) is 3. The molecule has 23 heavy (non-hydrogen) atoms. The molecule has 0 radical (unpaired) electrons. The Morgan fingerprint density at radius 1 is 1.22 bits per heavy atom. The van der Waals surface area contributed by atoms with Crippen molar-refractivity contribution < 1.29 is 9.53 Å². The Morgan fingerprint density at radius 3 is 2.43 bits per heavy atom. The molecule has 0 aromatic carbocycles. The van der Waals surface area contributed by atoms with Crippen molar-refractivity contribution >= 4 is 17.7 Å². The van der Waals surface area contributed by atoms with Crippen LogP contribution >= 0.6 is 11.8 Å². The maximum Gasteiger partial charge on any atom is 0.348 e. The Labute approximate surface area is 141 Å². The zero-order valence-electron chi connectivity index (χ0n) is 13.4. The van der Waals surface area contributed by atoms with Crippen molar-refractivity contribution in [3.05, 3.63) is 21.6 Å². The number of esters is 1. The first-order valence-corrected chi connectivity index (χ1v) is 8.75. The second-order valence-corrected chi connectivity index (χ2v) is 5.90. The van der Waals surface area contributed by atoms with E-state index in [1.165, 1.54) is 11.8 Å². The lowest BCUT2D eigenvalue weighted by molar-refractivity contribution is -0.138. The van der Waals surface area contributed by atoms with E-state index in [9.17, 15) is 20.6 Å². The van der Waals surface area contributed by atoms with E-state index in [-0.39, 0.29) is 23.7 Å². The molecule has 0 spiro atoms. The van der Waals surface area contributed by atoms with E-state index in [4.69, 9.17) is 4.74 Å². The quantitative estimate of drug-likeness (QED) is 0.338. The van der Waals surface area contributed by atoms with Crippen LogP contribution in [0.5, 0.6) is 0 Å². The predicted molar refractivity (Wildman–Crippen MR) is 87.6 cm³/mol. The summed E-state index contributed by atoms with van der Waals surface area (Å²) in [6.07, 6.45) is 5.96. The van der Waals surface area contributed by atoms with E-state index in [0.717, 1.165) is 25.7 Å². The molecule has 0 aromatic heterocycles. The first-order chi connectivity index (χ1) is 11.1. The summed E-state index contributed by atoms with van der Waals surface area (Å²) in [5.41, 5.74) is 0.791. The highest BCUT2D eigenvalue weighted by atomic mass is 32.2. The number of allylic oxidation sites excluding steroid dienone is 3. The zero-order chi connectivity index (χ0) is 17.2. The molecular weight excluding hydrogens is 310 g/mol. The van der Waals surface area contributed by atoms with E-state index in [1.807, 2.05) is 24.5 Å². The van der Waals surface area contributed by atoms with Gasteiger partial charge in [0.25, 0.3) is 0 Å². The van der Waals surface area contributed by atoms with E-state index in [2.05, 4.69) is 0 Å². The lowest BCUT2D eigenvalue weighted by atomic mass is 9.88. The van der Waals surface area contributed by atoms with Gasteiger partial charge < -0.3 is 4.74 Å².